The molecule has 2 aliphatic rings. The van der Waals surface area contributed by atoms with E-state index in [1.54, 1.807) is 13.0 Å². The molecule has 0 radical (unpaired) electrons. The highest BCUT2D eigenvalue weighted by atomic mass is 31.2. The number of phosphoric acid groups is 1. The molecule has 276 valence electrons. The van der Waals surface area contributed by atoms with Crippen molar-refractivity contribution in [2.75, 3.05) is 12.3 Å². The SMILES string of the molecule is CC(C)=CCC/C(C)=C/CC/C(C)=C/CC[C@]1(C)CCc2cc(OP(=O)(O)OC[C@@H]3CC(F)(F)[C@H](n4ccc(N)nc4=O)O3)c(C)c(C)c2O1. The van der Waals surface area contributed by atoms with Crippen LogP contribution in [0.15, 0.2) is 58.1 Å². The Morgan fingerprint density at radius 2 is 1.78 bits per heavy atom. The molecule has 3 heterocycles. The van der Waals surface area contributed by atoms with Crippen molar-refractivity contribution >= 4 is 13.6 Å². The van der Waals surface area contributed by atoms with Gasteiger partial charge in [0, 0.05) is 12.6 Å². The number of aromatic nitrogens is 2. The molecule has 0 saturated carbocycles. The molecule has 0 aliphatic carbocycles. The molecular formula is C37H52F2N3O7P. The number of halogens is 2. The summed E-state index contributed by atoms with van der Waals surface area (Å²) < 4.78 is 65.6. The number of allylic oxidation sites excluding steroid dienone is 6. The first-order valence-corrected chi connectivity index (χ1v) is 18.7. The maximum absolute atomic E-state index is 14.7. The number of rotatable bonds is 15. The Bertz CT molecular complexity index is 1730. The average molecular weight is 720 g/mol. The summed E-state index contributed by atoms with van der Waals surface area (Å²) in [5.74, 6) is -2.69. The van der Waals surface area contributed by atoms with Gasteiger partial charge in [-0.1, -0.05) is 34.9 Å². The van der Waals surface area contributed by atoms with E-state index in [1.807, 2.05) is 6.92 Å². The fraction of sp³-hybridized carbons (Fsp3) is 0.568. The number of aryl methyl sites for hydroxylation is 1. The van der Waals surface area contributed by atoms with Gasteiger partial charge >= 0.3 is 13.5 Å². The molecule has 10 nitrogen and oxygen atoms in total. The lowest BCUT2D eigenvalue weighted by Crippen LogP contribution is -2.36. The van der Waals surface area contributed by atoms with Gasteiger partial charge in [0.05, 0.1) is 12.7 Å². The smallest absolute Gasteiger partial charge is 0.487 e. The second-order valence-electron chi connectivity index (χ2n) is 14.1. The molecule has 1 aromatic heterocycles. The van der Waals surface area contributed by atoms with E-state index in [-0.39, 0.29) is 17.2 Å². The number of nitrogen functional groups attached to an aromatic ring is 1. The Morgan fingerprint density at radius 3 is 2.44 bits per heavy atom. The maximum atomic E-state index is 14.7. The summed E-state index contributed by atoms with van der Waals surface area (Å²) in [5.41, 5.74) is 10.5. The van der Waals surface area contributed by atoms with Gasteiger partial charge in [-0.25, -0.2) is 18.1 Å². The molecule has 13 heteroatoms. The molecule has 4 atom stereocenters. The number of ether oxygens (including phenoxy) is 2. The zero-order chi connectivity index (χ0) is 36.9. The fourth-order valence-corrected chi connectivity index (χ4v) is 7.07. The van der Waals surface area contributed by atoms with Crippen LogP contribution < -0.4 is 20.7 Å². The molecular weight excluding hydrogens is 667 g/mol. The number of hydrogen-bond acceptors (Lipinski definition) is 8. The van der Waals surface area contributed by atoms with Crippen molar-refractivity contribution in [3.63, 3.8) is 0 Å². The monoisotopic (exact) mass is 719 g/mol. The number of alkyl halides is 2. The second kappa shape index (κ2) is 16.4. The van der Waals surface area contributed by atoms with Gasteiger partial charge in [0.1, 0.15) is 22.9 Å². The summed E-state index contributed by atoms with van der Waals surface area (Å²) in [7, 11) is -4.75. The Hall–Kier alpha value is -3.31. The summed E-state index contributed by atoms with van der Waals surface area (Å²) in [4.78, 5) is 26.1. The minimum atomic E-state index is -4.75. The first-order chi connectivity index (χ1) is 23.4. The van der Waals surface area contributed by atoms with Gasteiger partial charge in [0.2, 0.25) is 6.23 Å². The van der Waals surface area contributed by atoms with E-state index in [9.17, 15) is 23.0 Å². The van der Waals surface area contributed by atoms with Gasteiger partial charge in [-0.15, -0.1) is 0 Å². The summed E-state index contributed by atoms with van der Waals surface area (Å²) in [6, 6.07) is 2.88. The maximum Gasteiger partial charge on any atom is 0.527 e. The Balaban J connectivity index is 1.31. The average Bonchev–Trinajstić information content (AvgIpc) is 3.32. The Morgan fingerprint density at radius 1 is 1.12 bits per heavy atom. The number of benzene rings is 1. The molecule has 1 saturated heterocycles. The van der Waals surface area contributed by atoms with Crippen molar-refractivity contribution in [1.82, 2.24) is 9.55 Å². The van der Waals surface area contributed by atoms with Crippen LogP contribution in [0.1, 0.15) is 109 Å². The molecule has 2 aromatic rings. The standard InChI is InChI=1S/C37H52F2N3O7P/c1-24(2)11-8-12-25(3)13-9-14-26(4)15-10-18-36(7)19-16-29-21-31(27(5)28(6)33(29)48-36)49-50(44,45)46-23-30-22-37(38,39)34(47-30)42-20-17-32(40)41-35(42)43/h11,13,15,17,20-21,30,34H,8-10,12,14,16,18-19,22-23H2,1-7H3,(H,44,45)(H2,40,41,43)/b25-13+,26-15+/t30-,34+,36+/m0/s1. The van der Waals surface area contributed by atoms with Crippen molar-refractivity contribution in [2.24, 2.45) is 0 Å². The van der Waals surface area contributed by atoms with Gasteiger partial charge in [-0.05, 0) is 129 Å². The molecule has 3 N–H and O–H groups in total. The van der Waals surface area contributed by atoms with Crippen molar-refractivity contribution in [1.29, 1.82) is 0 Å². The van der Waals surface area contributed by atoms with E-state index in [0.29, 0.717) is 16.6 Å². The molecule has 1 unspecified atom stereocenters. The second-order valence-corrected chi connectivity index (χ2v) is 15.5. The molecule has 0 bridgehead atoms. The third kappa shape index (κ3) is 10.6. The van der Waals surface area contributed by atoms with Crippen molar-refractivity contribution in [3.8, 4) is 11.5 Å². The fourth-order valence-electron chi connectivity index (χ4n) is 6.22. The molecule has 0 spiro atoms. The molecule has 1 fully saturated rings. The van der Waals surface area contributed by atoms with E-state index in [4.69, 9.17) is 24.3 Å². The third-order valence-corrected chi connectivity index (χ3v) is 10.3. The minimum absolute atomic E-state index is 0.117. The Kier molecular flexibility index (Phi) is 12.9. The van der Waals surface area contributed by atoms with Crippen LogP contribution in [0.3, 0.4) is 0 Å². The molecule has 4 rings (SSSR count). The van der Waals surface area contributed by atoms with Crippen LogP contribution >= 0.6 is 7.82 Å². The lowest BCUT2D eigenvalue weighted by molar-refractivity contribution is -0.119. The zero-order valence-corrected chi connectivity index (χ0v) is 31.2. The van der Waals surface area contributed by atoms with Gasteiger partial charge in [-0.3, -0.25) is 14.0 Å². The van der Waals surface area contributed by atoms with Gasteiger partial charge in [0.25, 0.3) is 5.92 Å². The number of nitrogens with zero attached hydrogens (tertiary/aromatic N) is 2. The molecule has 1 aromatic carbocycles. The van der Waals surface area contributed by atoms with E-state index in [2.05, 4.69) is 57.8 Å². The molecule has 2 aliphatic heterocycles. The predicted octanol–water partition coefficient (Wildman–Crippen LogP) is 8.84. The van der Waals surface area contributed by atoms with Crippen LogP contribution in [-0.2, 0) is 20.2 Å². The van der Waals surface area contributed by atoms with Crippen LogP contribution in [-0.4, -0.2) is 38.7 Å². The first-order valence-electron chi connectivity index (χ1n) is 17.2. The number of fused-ring (bicyclic) bond motifs is 1. The van der Waals surface area contributed by atoms with E-state index >= 15 is 0 Å². The van der Waals surface area contributed by atoms with E-state index in [1.165, 1.54) is 22.8 Å². The largest absolute Gasteiger partial charge is 0.527 e. The summed E-state index contributed by atoms with van der Waals surface area (Å²) in [5, 5.41) is 0. The van der Waals surface area contributed by atoms with Gasteiger partial charge < -0.3 is 19.7 Å². The lowest BCUT2D eigenvalue weighted by atomic mass is 9.87. The summed E-state index contributed by atoms with van der Waals surface area (Å²) in [6.45, 7) is 13.7. The topological polar surface area (TPSA) is 135 Å². The number of anilines is 1. The van der Waals surface area contributed by atoms with Crippen LogP contribution in [0.2, 0.25) is 0 Å². The molecule has 0 amide bonds. The van der Waals surface area contributed by atoms with Crippen LogP contribution in [0.5, 0.6) is 11.5 Å². The normalized spacial score (nSPS) is 23.2. The summed E-state index contributed by atoms with van der Waals surface area (Å²) >= 11 is 0. The van der Waals surface area contributed by atoms with E-state index in [0.717, 1.165) is 68.0 Å². The van der Waals surface area contributed by atoms with Crippen LogP contribution in [0, 0.1) is 13.8 Å². The van der Waals surface area contributed by atoms with Crippen molar-refractivity contribution in [3.05, 3.63) is 80.5 Å². The number of hydrogen-bond donors (Lipinski definition) is 2. The van der Waals surface area contributed by atoms with Crippen molar-refractivity contribution < 1.29 is 36.8 Å². The zero-order valence-electron chi connectivity index (χ0n) is 30.3. The minimum Gasteiger partial charge on any atom is -0.487 e. The van der Waals surface area contributed by atoms with Crippen LogP contribution in [0.25, 0.3) is 0 Å². The highest BCUT2D eigenvalue weighted by Crippen LogP contribution is 2.50. The summed E-state index contributed by atoms with van der Waals surface area (Å²) in [6.07, 6.45) is 11.3. The highest BCUT2D eigenvalue weighted by Gasteiger charge is 2.52. The number of phosphoric ester groups is 1. The Labute approximate surface area is 294 Å². The molecule has 50 heavy (non-hydrogen) atoms. The first kappa shape index (κ1) is 39.5. The van der Waals surface area contributed by atoms with Crippen LogP contribution in [0.4, 0.5) is 14.6 Å². The quantitative estimate of drug-likeness (QED) is 0.137. The lowest BCUT2D eigenvalue weighted by Gasteiger charge is -2.37. The van der Waals surface area contributed by atoms with Crippen molar-refractivity contribution in [2.45, 2.75) is 130 Å². The van der Waals surface area contributed by atoms with Gasteiger partial charge in [-0.2, -0.15) is 4.98 Å². The van der Waals surface area contributed by atoms with E-state index < -0.39 is 44.8 Å². The van der Waals surface area contributed by atoms with Gasteiger partial charge in [0.15, 0.2) is 0 Å². The highest BCUT2D eigenvalue weighted by molar-refractivity contribution is 7.47. The predicted molar refractivity (Wildman–Crippen MR) is 191 cm³/mol. The third-order valence-electron chi connectivity index (χ3n) is 9.35. The number of nitrogens with two attached hydrogens (primary N) is 1.